The number of nitrogen functional groups attached to an aromatic ring is 1. The van der Waals surface area contributed by atoms with Crippen LogP contribution in [0, 0.1) is 17.0 Å². The minimum atomic E-state index is -0.992. The molecule has 0 aromatic heterocycles. The van der Waals surface area contributed by atoms with Crippen molar-refractivity contribution in [1.82, 2.24) is 5.32 Å². The molecule has 1 aliphatic carbocycles. The van der Waals surface area contributed by atoms with E-state index in [1.807, 2.05) is 0 Å². The van der Waals surface area contributed by atoms with Crippen LogP contribution in [0.15, 0.2) is 12.1 Å². The molecule has 0 spiro atoms. The molecule has 3 N–H and O–H groups in total. The van der Waals surface area contributed by atoms with E-state index >= 15 is 0 Å². The van der Waals surface area contributed by atoms with Crippen molar-refractivity contribution in [2.24, 2.45) is 5.41 Å². The van der Waals surface area contributed by atoms with Gasteiger partial charge in [0, 0.05) is 6.54 Å². The summed E-state index contributed by atoms with van der Waals surface area (Å²) in [5, 5.41) is 2.62. The monoisotopic (exact) mass is 268 g/mol. The number of rotatable bonds is 3. The molecule has 0 unspecified atom stereocenters. The van der Waals surface area contributed by atoms with Crippen LogP contribution >= 0.6 is 0 Å². The molecule has 3 nitrogen and oxygen atoms in total. The van der Waals surface area contributed by atoms with Gasteiger partial charge in [-0.2, -0.15) is 0 Å². The summed E-state index contributed by atoms with van der Waals surface area (Å²) in [5.41, 5.74) is 4.56. The number of nitrogens with two attached hydrogens (primary N) is 1. The average molecular weight is 268 g/mol. The zero-order valence-electron chi connectivity index (χ0n) is 10.9. The Morgan fingerprint density at radius 1 is 1.37 bits per heavy atom. The highest BCUT2D eigenvalue weighted by Gasteiger charge is 2.30. The summed E-state index contributed by atoms with van der Waals surface area (Å²) >= 11 is 0. The summed E-state index contributed by atoms with van der Waals surface area (Å²) < 4.78 is 27.2. The van der Waals surface area contributed by atoms with Crippen LogP contribution in [-0.4, -0.2) is 12.5 Å². The molecule has 5 heteroatoms. The van der Waals surface area contributed by atoms with Crippen LogP contribution in [-0.2, 0) is 0 Å². The van der Waals surface area contributed by atoms with Gasteiger partial charge < -0.3 is 11.1 Å². The van der Waals surface area contributed by atoms with Crippen molar-refractivity contribution in [3.63, 3.8) is 0 Å². The van der Waals surface area contributed by atoms with Gasteiger partial charge in [-0.25, -0.2) is 8.78 Å². The van der Waals surface area contributed by atoms with E-state index in [0.29, 0.717) is 6.54 Å². The zero-order chi connectivity index (χ0) is 14.0. The summed E-state index contributed by atoms with van der Waals surface area (Å²) in [6, 6.07) is 2.12. The molecule has 0 bridgehead atoms. The first kappa shape index (κ1) is 13.8. The quantitative estimate of drug-likeness (QED) is 0.828. The van der Waals surface area contributed by atoms with E-state index in [9.17, 15) is 13.6 Å². The van der Waals surface area contributed by atoms with Gasteiger partial charge in [0.1, 0.15) is 11.4 Å². The van der Waals surface area contributed by atoms with Gasteiger partial charge in [-0.1, -0.05) is 19.8 Å². The summed E-state index contributed by atoms with van der Waals surface area (Å²) in [4.78, 5) is 11.9. The number of benzene rings is 1. The van der Waals surface area contributed by atoms with Crippen LogP contribution in [0.25, 0.3) is 0 Å². The molecule has 1 aliphatic rings. The van der Waals surface area contributed by atoms with Crippen LogP contribution in [0.4, 0.5) is 14.5 Å². The summed E-state index contributed by atoms with van der Waals surface area (Å²) in [7, 11) is 0. The molecule has 1 amide bonds. The van der Waals surface area contributed by atoms with E-state index in [1.165, 1.54) is 0 Å². The normalized spacial score (nSPS) is 17.4. The second kappa shape index (κ2) is 5.15. The Kier molecular flexibility index (Phi) is 3.73. The number of halogens is 2. The molecule has 1 saturated carbocycles. The molecule has 104 valence electrons. The largest absolute Gasteiger partial charge is 0.396 e. The molecule has 1 aromatic carbocycles. The first-order valence-corrected chi connectivity index (χ1v) is 6.45. The maximum atomic E-state index is 13.7. The van der Waals surface area contributed by atoms with Crippen molar-refractivity contribution in [1.29, 1.82) is 0 Å². The lowest BCUT2D eigenvalue weighted by molar-refractivity contribution is 0.0926. The van der Waals surface area contributed by atoms with Gasteiger partial charge in [0.2, 0.25) is 0 Å². The Morgan fingerprint density at radius 3 is 2.63 bits per heavy atom. The number of nitrogens with one attached hydrogen (secondary N) is 1. The van der Waals surface area contributed by atoms with Crippen molar-refractivity contribution >= 4 is 11.6 Å². The first-order valence-electron chi connectivity index (χ1n) is 6.45. The molecule has 19 heavy (non-hydrogen) atoms. The van der Waals surface area contributed by atoms with Gasteiger partial charge in [-0.05, 0) is 30.4 Å². The Bertz CT molecular complexity index is 496. The highest BCUT2D eigenvalue weighted by Crippen LogP contribution is 2.36. The molecule has 0 heterocycles. The van der Waals surface area contributed by atoms with Gasteiger partial charge in [-0.3, -0.25) is 4.79 Å². The third-order valence-electron chi connectivity index (χ3n) is 3.83. The van der Waals surface area contributed by atoms with Gasteiger partial charge in [0.15, 0.2) is 5.82 Å². The second-order valence-corrected chi connectivity index (χ2v) is 5.53. The van der Waals surface area contributed by atoms with Gasteiger partial charge >= 0.3 is 0 Å². The molecule has 0 aliphatic heterocycles. The van der Waals surface area contributed by atoms with E-state index in [-0.39, 0.29) is 11.1 Å². The SMILES string of the molecule is CC1(CNC(=O)c2c(F)ccc(N)c2F)CCCC1. The van der Waals surface area contributed by atoms with Crippen LogP contribution in [0.3, 0.4) is 0 Å². The molecule has 0 atom stereocenters. The minimum Gasteiger partial charge on any atom is -0.396 e. The topological polar surface area (TPSA) is 55.1 Å². The Morgan fingerprint density at radius 2 is 2.00 bits per heavy atom. The van der Waals surface area contributed by atoms with Crippen LogP contribution in [0.5, 0.6) is 0 Å². The summed E-state index contributed by atoms with van der Waals surface area (Å²) in [5.74, 6) is -2.62. The van der Waals surface area contributed by atoms with Gasteiger partial charge in [0.05, 0.1) is 5.69 Å². The lowest BCUT2D eigenvalue weighted by Crippen LogP contribution is -2.35. The predicted molar refractivity (Wildman–Crippen MR) is 69.7 cm³/mol. The van der Waals surface area contributed by atoms with Gasteiger partial charge in [0.25, 0.3) is 5.91 Å². The van der Waals surface area contributed by atoms with E-state index in [0.717, 1.165) is 37.8 Å². The predicted octanol–water partition coefficient (Wildman–Crippen LogP) is 2.86. The van der Waals surface area contributed by atoms with Crippen molar-refractivity contribution in [3.8, 4) is 0 Å². The first-order chi connectivity index (χ1) is 8.93. The number of carbonyl (C=O) groups excluding carboxylic acids is 1. The fourth-order valence-electron chi connectivity index (χ4n) is 2.56. The smallest absolute Gasteiger partial charge is 0.257 e. The third kappa shape index (κ3) is 2.85. The van der Waals surface area contributed by atoms with Crippen LogP contribution in [0.2, 0.25) is 0 Å². The molecule has 2 rings (SSSR count). The molecular weight excluding hydrogens is 250 g/mol. The zero-order valence-corrected chi connectivity index (χ0v) is 10.9. The van der Waals surface area contributed by atoms with Crippen molar-refractivity contribution in [2.75, 3.05) is 12.3 Å². The van der Waals surface area contributed by atoms with Crippen LogP contribution in [0.1, 0.15) is 43.0 Å². The van der Waals surface area contributed by atoms with Crippen molar-refractivity contribution in [2.45, 2.75) is 32.6 Å². The van der Waals surface area contributed by atoms with Crippen LogP contribution < -0.4 is 11.1 Å². The Labute approximate surface area is 111 Å². The maximum Gasteiger partial charge on any atom is 0.257 e. The maximum absolute atomic E-state index is 13.7. The Hall–Kier alpha value is -1.65. The fourth-order valence-corrected chi connectivity index (χ4v) is 2.56. The molecule has 1 fully saturated rings. The summed E-state index contributed by atoms with van der Waals surface area (Å²) in [6.07, 6.45) is 4.31. The number of carbonyl (C=O) groups is 1. The summed E-state index contributed by atoms with van der Waals surface area (Å²) in [6.45, 7) is 2.51. The minimum absolute atomic E-state index is 0.0307. The van der Waals surface area contributed by atoms with E-state index < -0.39 is 23.1 Å². The lowest BCUT2D eigenvalue weighted by Gasteiger charge is -2.23. The van der Waals surface area contributed by atoms with E-state index in [4.69, 9.17) is 5.73 Å². The Balaban J connectivity index is 2.10. The lowest BCUT2D eigenvalue weighted by atomic mass is 9.89. The molecule has 0 saturated heterocycles. The fraction of sp³-hybridized carbons (Fsp3) is 0.500. The average Bonchev–Trinajstić information content (AvgIpc) is 2.80. The molecule has 0 radical (unpaired) electrons. The van der Waals surface area contributed by atoms with E-state index in [2.05, 4.69) is 12.2 Å². The van der Waals surface area contributed by atoms with E-state index in [1.54, 1.807) is 0 Å². The second-order valence-electron chi connectivity index (χ2n) is 5.53. The number of amides is 1. The van der Waals surface area contributed by atoms with Crippen molar-refractivity contribution < 1.29 is 13.6 Å². The number of hydrogen-bond donors (Lipinski definition) is 2. The number of hydrogen-bond acceptors (Lipinski definition) is 2. The molecule has 1 aromatic rings. The number of anilines is 1. The van der Waals surface area contributed by atoms with Gasteiger partial charge in [-0.15, -0.1) is 0 Å². The van der Waals surface area contributed by atoms with Crippen molar-refractivity contribution in [3.05, 3.63) is 29.3 Å². The third-order valence-corrected chi connectivity index (χ3v) is 3.83. The highest BCUT2D eigenvalue weighted by atomic mass is 19.1. The highest BCUT2D eigenvalue weighted by molar-refractivity contribution is 5.95. The standard InChI is InChI=1S/C14H18F2N2O/c1-14(6-2-3-7-14)8-18-13(19)11-9(15)4-5-10(17)12(11)16/h4-5H,2-3,6-8,17H2,1H3,(H,18,19). The molecular formula is C14H18F2N2O.